The van der Waals surface area contributed by atoms with Gasteiger partial charge in [-0.05, 0) is 0 Å². The first-order valence-electron chi connectivity index (χ1n) is 4.58. The van der Waals surface area contributed by atoms with Crippen LogP contribution >= 0.6 is 7.92 Å². The van der Waals surface area contributed by atoms with Crippen molar-refractivity contribution in [2.45, 2.75) is 0 Å². The van der Waals surface area contributed by atoms with Gasteiger partial charge in [-0.15, -0.1) is 0 Å². The molecular weight excluding hydrogens is 255 g/mol. The van der Waals surface area contributed by atoms with Gasteiger partial charge in [0.05, 0.1) is 0 Å². The fraction of sp³-hybridized carbons (Fsp3) is 0. The molecule has 0 unspecified atom stereocenters. The Balaban J connectivity index is 0.00000112. The summed E-state index contributed by atoms with van der Waals surface area (Å²) in [6.07, 6.45) is 0. The van der Waals surface area contributed by atoms with E-state index in [2.05, 4.69) is 55.2 Å². The van der Waals surface area contributed by atoms with E-state index in [1.54, 1.807) is 0 Å². The van der Waals surface area contributed by atoms with Crippen molar-refractivity contribution in [1.82, 2.24) is 0 Å². The molecule has 0 aromatic heterocycles. The van der Waals surface area contributed by atoms with Crippen LogP contribution in [0, 0.1) is 14.1 Å². The molecule has 2 aromatic carbocycles. The maximum absolute atomic E-state index is 4.24. The Morgan fingerprint density at radius 3 is 1.31 bits per heavy atom. The van der Waals surface area contributed by atoms with Crippen molar-refractivity contribution in [3.8, 4) is 0 Å². The van der Waals surface area contributed by atoms with Crippen molar-refractivity contribution >= 4 is 18.5 Å². The van der Waals surface area contributed by atoms with Gasteiger partial charge in [0.25, 0.3) is 0 Å². The Hall–Kier alpha value is -0.611. The Bertz CT molecular complexity index is 346. The summed E-state index contributed by atoms with van der Waals surface area (Å²) in [6.45, 7) is 4.24. The molecular formula is C14H15FeP. The molecule has 0 aliphatic heterocycles. The van der Waals surface area contributed by atoms with E-state index in [4.69, 9.17) is 0 Å². The molecule has 16 heavy (non-hydrogen) atoms. The van der Waals surface area contributed by atoms with Gasteiger partial charge < -0.3 is 14.1 Å². The largest absolute Gasteiger partial charge is 2.00 e. The zero-order valence-corrected chi connectivity index (χ0v) is 11.3. The first-order valence-corrected chi connectivity index (χ1v) is 6.11. The molecule has 0 N–H and O–H groups in total. The second-order valence-corrected chi connectivity index (χ2v) is 4.99. The van der Waals surface area contributed by atoms with E-state index in [-0.39, 0.29) is 24.5 Å². The summed E-state index contributed by atoms with van der Waals surface area (Å²) < 4.78 is 0. The SMILES string of the molecule is [CH2-]P(c1ccccc1)c1ccccc1.[CH3-].[Fe+2]. The van der Waals surface area contributed by atoms with Crippen molar-refractivity contribution in [2.75, 3.05) is 0 Å². The standard InChI is InChI=1S/C13H12P.CH3.Fe/c1-14(12-8-4-2-5-9-12)13-10-6-3-7-11-13;;/h2-11H,1H2;1H3;/q2*-1;+2. The van der Waals surface area contributed by atoms with Gasteiger partial charge in [0.15, 0.2) is 0 Å². The minimum Gasteiger partial charge on any atom is -0.358 e. The summed E-state index contributed by atoms with van der Waals surface area (Å²) in [5.74, 6) is 0. The van der Waals surface area contributed by atoms with E-state index in [1.807, 2.05) is 12.1 Å². The Labute approximate surface area is 110 Å². The van der Waals surface area contributed by atoms with Crippen LogP contribution in [-0.4, -0.2) is 0 Å². The number of benzene rings is 2. The molecule has 84 valence electrons. The Kier molecular flexibility index (Phi) is 7.34. The molecule has 0 radical (unpaired) electrons. The molecule has 0 bridgehead atoms. The summed E-state index contributed by atoms with van der Waals surface area (Å²) >= 11 is 0. The molecule has 0 atom stereocenters. The maximum Gasteiger partial charge on any atom is 2.00 e. The van der Waals surface area contributed by atoms with Gasteiger partial charge in [0.1, 0.15) is 0 Å². The molecule has 0 amide bonds. The topological polar surface area (TPSA) is 0 Å². The Morgan fingerprint density at radius 2 is 1.00 bits per heavy atom. The zero-order valence-electron chi connectivity index (χ0n) is 9.28. The van der Waals surface area contributed by atoms with Gasteiger partial charge in [-0.25, -0.2) is 7.92 Å². The van der Waals surface area contributed by atoms with Crippen molar-refractivity contribution < 1.29 is 17.1 Å². The van der Waals surface area contributed by atoms with Gasteiger partial charge >= 0.3 is 17.1 Å². The van der Waals surface area contributed by atoms with E-state index >= 15 is 0 Å². The fourth-order valence-corrected chi connectivity index (χ4v) is 2.73. The number of hydrogen-bond acceptors (Lipinski definition) is 0. The van der Waals surface area contributed by atoms with Gasteiger partial charge in [-0.2, -0.15) is 0 Å². The van der Waals surface area contributed by atoms with Gasteiger partial charge in [-0.1, -0.05) is 71.3 Å². The smallest absolute Gasteiger partial charge is 0.358 e. The molecule has 0 fully saturated rings. The molecule has 0 saturated carbocycles. The third kappa shape index (κ3) is 3.76. The van der Waals surface area contributed by atoms with Crippen molar-refractivity contribution in [1.29, 1.82) is 0 Å². The third-order valence-corrected chi connectivity index (χ3v) is 3.98. The molecule has 2 aromatic rings. The first-order chi connectivity index (χ1) is 6.88. The predicted octanol–water partition coefficient (Wildman–Crippen LogP) is 3.36. The van der Waals surface area contributed by atoms with Crippen LogP contribution in [0.4, 0.5) is 0 Å². The van der Waals surface area contributed by atoms with Crippen LogP contribution in [0.3, 0.4) is 0 Å². The minimum atomic E-state index is -0.421. The van der Waals surface area contributed by atoms with E-state index in [0.29, 0.717) is 0 Å². The first kappa shape index (κ1) is 15.4. The number of hydrogen-bond donors (Lipinski definition) is 0. The Morgan fingerprint density at radius 1 is 0.688 bits per heavy atom. The molecule has 2 rings (SSSR count). The summed E-state index contributed by atoms with van der Waals surface area (Å²) in [5, 5.41) is 2.66. The summed E-state index contributed by atoms with van der Waals surface area (Å²) in [6, 6.07) is 20.9. The third-order valence-electron chi connectivity index (χ3n) is 2.14. The van der Waals surface area contributed by atoms with Crippen LogP contribution in [-0.2, 0) is 17.1 Å². The van der Waals surface area contributed by atoms with E-state index in [0.717, 1.165) is 0 Å². The van der Waals surface area contributed by atoms with Crippen molar-refractivity contribution in [3.63, 3.8) is 0 Å². The monoisotopic (exact) mass is 270 g/mol. The van der Waals surface area contributed by atoms with Gasteiger partial charge in [0, 0.05) is 0 Å². The zero-order chi connectivity index (χ0) is 9.80. The number of rotatable bonds is 2. The summed E-state index contributed by atoms with van der Waals surface area (Å²) in [4.78, 5) is 0. The van der Waals surface area contributed by atoms with Crippen molar-refractivity contribution in [3.05, 3.63) is 74.8 Å². The van der Waals surface area contributed by atoms with Crippen LogP contribution in [0.1, 0.15) is 0 Å². The predicted molar refractivity (Wildman–Crippen MR) is 70.8 cm³/mol. The van der Waals surface area contributed by atoms with E-state index in [9.17, 15) is 0 Å². The van der Waals surface area contributed by atoms with Crippen LogP contribution in [0.2, 0.25) is 0 Å². The second kappa shape index (κ2) is 7.63. The molecule has 0 nitrogen and oxygen atoms in total. The van der Waals surface area contributed by atoms with E-state index < -0.39 is 7.92 Å². The average Bonchev–Trinajstić information content (AvgIpc) is 2.30. The maximum atomic E-state index is 4.24. The van der Waals surface area contributed by atoms with Gasteiger partial charge in [-0.3, -0.25) is 0 Å². The van der Waals surface area contributed by atoms with Crippen LogP contribution in [0.25, 0.3) is 0 Å². The normalized spacial score (nSPS) is 9.12. The summed E-state index contributed by atoms with van der Waals surface area (Å²) in [5.41, 5.74) is 0. The van der Waals surface area contributed by atoms with Crippen LogP contribution < -0.4 is 10.6 Å². The van der Waals surface area contributed by atoms with Gasteiger partial charge in [0.2, 0.25) is 0 Å². The quantitative estimate of drug-likeness (QED) is 0.446. The average molecular weight is 270 g/mol. The minimum absolute atomic E-state index is 0. The molecule has 0 aliphatic rings. The van der Waals surface area contributed by atoms with Crippen molar-refractivity contribution in [2.24, 2.45) is 0 Å². The summed E-state index contributed by atoms with van der Waals surface area (Å²) in [7, 11) is -0.421. The molecule has 0 saturated heterocycles. The molecule has 0 heterocycles. The van der Waals surface area contributed by atoms with Crippen LogP contribution in [0.5, 0.6) is 0 Å². The second-order valence-electron chi connectivity index (χ2n) is 3.10. The van der Waals surface area contributed by atoms with E-state index in [1.165, 1.54) is 10.6 Å². The molecule has 2 heteroatoms. The fourth-order valence-electron chi connectivity index (χ4n) is 1.36. The molecule has 0 spiro atoms. The molecule has 0 aliphatic carbocycles. The van der Waals surface area contributed by atoms with Crippen LogP contribution in [0.15, 0.2) is 60.7 Å².